The topological polar surface area (TPSA) is 23.8 Å². The molecule has 0 unspecified atom stereocenters. The second kappa shape index (κ2) is 4.33. The Balaban J connectivity index is 2.40. The molecule has 0 aromatic rings. The number of hydrogen-bond donors (Lipinski definition) is 0. The van der Waals surface area contributed by atoms with Crippen molar-refractivity contribution in [3.8, 4) is 6.07 Å². The summed E-state index contributed by atoms with van der Waals surface area (Å²) >= 11 is 0. The van der Waals surface area contributed by atoms with Gasteiger partial charge in [0.05, 0.1) is 6.07 Å². The third kappa shape index (κ3) is 2.49. The first-order chi connectivity index (χ1) is 5.34. The van der Waals surface area contributed by atoms with Gasteiger partial charge in [0.15, 0.2) is 0 Å². The predicted molar refractivity (Wildman–Crippen MR) is 41.7 cm³/mol. The average Bonchev–Trinajstić information content (AvgIpc) is 2.18. The van der Waals surface area contributed by atoms with Crippen LogP contribution in [0.1, 0.15) is 38.5 Å². The molecule has 0 aromatic heterocycles. The van der Waals surface area contributed by atoms with Gasteiger partial charge in [-0.3, -0.25) is 0 Å². The van der Waals surface area contributed by atoms with Gasteiger partial charge in [0, 0.05) is 12.3 Å². The van der Waals surface area contributed by atoms with Crippen LogP contribution in [0.3, 0.4) is 0 Å². The largest absolute Gasteiger partial charge is 0.247 e. The van der Waals surface area contributed by atoms with Crippen molar-refractivity contribution in [3.05, 3.63) is 0 Å². The second-order valence-corrected chi connectivity index (χ2v) is 3.28. The Kier molecular flexibility index (Phi) is 3.35. The van der Waals surface area contributed by atoms with E-state index in [9.17, 15) is 4.39 Å². The minimum absolute atomic E-state index is 0.0301. The van der Waals surface area contributed by atoms with Crippen molar-refractivity contribution in [1.29, 1.82) is 5.26 Å². The Morgan fingerprint density at radius 3 is 2.73 bits per heavy atom. The first-order valence-electron chi connectivity index (χ1n) is 4.35. The van der Waals surface area contributed by atoms with Crippen LogP contribution in [0.15, 0.2) is 0 Å². The summed E-state index contributed by atoms with van der Waals surface area (Å²) in [6, 6.07) is 2.06. The number of nitrogens with zero attached hydrogens (tertiary/aromatic N) is 1. The monoisotopic (exact) mass is 155 g/mol. The van der Waals surface area contributed by atoms with Gasteiger partial charge in [-0.2, -0.15) is 5.26 Å². The van der Waals surface area contributed by atoms with Gasteiger partial charge in [-0.05, 0) is 12.8 Å². The highest BCUT2D eigenvalue weighted by Gasteiger charge is 2.22. The van der Waals surface area contributed by atoms with E-state index < -0.39 is 6.17 Å². The lowest BCUT2D eigenvalue weighted by Gasteiger charge is -2.13. The molecule has 1 saturated carbocycles. The Labute approximate surface area is 67.2 Å². The minimum atomic E-state index is -0.711. The molecule has 1 aliphatic carbocycles. The molecule has 62 valence electrons. The Morgan fingerprint density at radius 1 is 1.27 bits per heavy atom. The normalized spacial score (nSPS) is 32.4. The molecule has 0 saturated heterocycles. The average molecular weight is 155 g/mol. The van der Waals surface area contributed by atoms with Crippen LogP contribution in [0.5, 0.6) is 0 Å². The lowest BCUT2D eigenvalue weighted by Crippen LogP contribution is -2.13. The maximum atomic E-state index is 13.1. The quantitative estimate of drug-likeness (QED) is 0.534. The maximum absolute atomic E-state index is 13.1. The van der Waals surface area contributed by atoms with Gasteiger partial charge >= 0.3 is 0 Å². The molecule has 0 aromatic carbocycles. The number of rotatable bonds is 1. The minimum Gasteiger partial charge on any atom is -0.247 e. The molecule has 2 heteroatoms. The molecule has 1 rings (SSSR count). The van der Waals surface area contributed by atoms with Crippen LogP contribution in [0.2, 0.25) is 0 Å². The van der Waals surface area contributed by atoms with Gasteiger partial charge in [0.1, 0.15) is 6.17 Å². The summed E-state index contributed by atoms with van der Waals surface area (Å²) in [5.74, 6) is 0.0301. The summed E-state index contributed by atoms with van der Waals surface area (Å²) in [6.45, 7) is 0. The summed E-state index contributed by atoms with van der Waals surface area (Å²) < 4.78 is 13.1. The van der Waals surface area contributed by atoms with E-state index in [1.54, 1.807) is 0 Å². The van der Waals surface area contributed by atoms with Crippen molar-refractivity contribution >= 4 is 0 Å². The first-order valence-corrected chi connectivity index (χ1v) is 4.35. The van der Waals surface area contributed by atoms with Gasteiger partial charge in [-0.1, -0.05) is 19.3 Å². The molecule has 0 spiro atoms. The fourth-order valence-electron chi connectivity index (χ4n) is 1.69. The summed E-state index contributed by atoms with van der Waals surface area (Å²) in [4.78, 5) is 0. The molecule has 2 atom stereocenters. The smallest absolute Gasteiger partial charge is 0.104 e. The van der Waals surface area contributed by atoms with Crippen molar-refractivity contribution < 1.29 is 4.39 Å². The molecule has 0 N–H and O–H groups in total. The van der Waals surface area contributed by atoms with Crippen molar-refractivity contribution in [2.45, 2.75) is 44.7 Å². The highest BCUT2D eigenvalue weighted by Crippen LogP contribution is 2.27. The van der Waals surface area contributed by atoms with Crippen LogP contribution < -0.4 is 0 Å². The molecule has 11 heavy (non-hydrogen) atoms. The zero-order chi connectivity index (χ0) is 8.10. The van der Waals surface area contributed by atoms with Gasteiger partial charge < -0.3 is 0 Å². The molecule has 0 amide bonds. The second-order valence-electron chi connectivity index (χ2n) is 3.28. The SMILES string of the molecule is N#CC[C@@H]1CCCCC[C@H]1F. The van der Waals surface area contributed by atoms with Crippen molar-refractivity contribution in [1.82, 2.24) is 0 Å². The molecule has 0 aliphatic heterocycles. The van der Waals surface area contributed by atoms with Crippen LogP contribution in [0.4, 0.5) is 4.39 Å². The standard InChI is InChI=1S/C9H14FN/c10-9-5-3-1-2-4-8(9)6-7-11/h8-9H,1-6H2/t8-,9+/m0/s1. The van der Waals surface area contributed by atoms with Crippen molar-refractivity contribution in [2.75, 3.05) is 0 Å². The molecule has 1 fully saturated rings. The van der Waals surface area contributed by atoms with E-state index in [1.807, 2.05) is 0 Å². The third-order valence-electron chi connectivity index (χ3n) is 2.42. The predicted octanol–water partition coefficient (Wildman–Crippen LogP) is 2.82. The van der Waals surface area contributed by atoms with Gasteiger partial charge in [-0.25, -0.2) is 4.39 Å². The molecule has 0 bridgehead atoms. The van der Waals surface area contributed by atoms with E-state index in [0.29, 0.717) is 12.8 Å². The van der Waals surface area contributed by atoms with E-state index in [4.69, 9.17) is 5.26 Å². The Hall–Kier alpha value is -0.580. The van der Waals surface area contributed by atoms with Crippen LogP contribution in [0.25, 0.3) is 0 Å². The zero-order valence-corrected chi connectivity index (χ0v) is 6.72. The number of hydrogen-bond acceptors (Lipinski definition) is 1. The Bertz CT molecular complexity index is 150. The molecule has 0 radical (unpaired) electrons. The van der Waals surface area contributed by atoms with E-state index in [2.05, 4.69) is 6.07 Å². The van der Waals surface area contributed by atoms with Crippen LogP contribution in [0, 0.1) is 17.2 Å². The van der Waals surface area contributed by atoms with Gasteiger partial charge in [0.2, 0.25) is 0 Å². The number of alkyl halides is 1. The summed E-state index contributed by atoms with van der Waals surface area (Å²) in [7, 11) is 0. The zero-order valence-electron chi connectivity index (χ0n) is 6.72. The lowest BCUT2D eigenvalue weighted by molar-refractivity contribution is 0.217. The fourth-order valence-corrected chi connectivity index (χ4v) is 1.69. The van der Waals surface area contributed by atoms with Crippen molar-refractivity contribution in [3.63, 3.8) is 0 Å². The maximum Gasteiger partial charge on any atom is 0.104 e. The number of nitriles is 1. The van der Waals surface area contributed by atoms with Crippen LogP contribution in [-0.4, -0.2) is 6.17 Å². The fraction of sp³-hybridized carbons (Fsp3) is 0.889. The van der Waals surface area contributed by atoms with E-state index in [0.717, 1.165) is 25.7 Å². The molecular formula is C9H14FN. The molecular weight excluding hydrogens is 141 g/mol. The number of halogens is 1. The van der Waals surface area contributed by atoms with Gasteiger partial charge in [-0.15, -0.1) is 0 Å². The highest BCUT2D eigenvalue weighted by molar-refractivity contribution is 4.82. The molecule has 1 nitrogen and oxygen atoms in total. The van der Waals surface area contributed by atoms with E-state index >= 15 is 0 Å². The first kappa shape index (κ1) is 8.52. The van der Waals surface area contributed by atoms with E-state index in [1.165, 1.54) is 0 Å². The highest BCUT2D eigenvalue weighted by atomic mass is 19.1. The van der Waals surface area contributed by atoms with E-state index in [-0.39, 0.29) is 5.92 Å². The summed E-state index contributed by atoms with van der Waals surface area (Å²) in [5, 5.41) is 8.41. The molecule has 0 heterocycles. The van der Waals surface area contributed by atoms with Crippen molar-refractivity contribution in [2.24, 2.45) is 5.92 Å². The third-order valence-corrected chi connectivity index (χ3v) is 2.42. The van der Waals surface area contributed by atoms with Crippen LogP contribution in [-0.2, 0) is 0 Å². The summed E-state index contributed by atoms with van der Waals surface area (Å²) in [5.41, 5.74) is 0. The Morgan fingerprint density at radius 2 is 2.00 bits per heavy atom. The van der Waals surface area contributed by atoms with Gasteiger partial charge in [0.25, 0.3) is 0 Å². The molecule has 1 aliphatic rings. The lowest BCUT2D eigenvalue weighted by atomic mass is 9.96. The summed E-state index contributed by atoms with van der Waals surface area (Å²) in [6.07, 6.45) is 4.53. The van der Waals surface area contributed by atoms with Crippen LogP contribution >= 0.6 is 0 Å².